The van der Waals surface area contributed by atoms with Crippen LogP contribution in [0.5, 0.6) is 0 Å². The maximum absolute atomic E-state index is 12.9. The van der Waals surface area contributed by atoms with E-state index in [1.54, 1.807) is 32.9 Å². The number of thiophene rings is 1. The molecular formula is C25H31N3O5S. The van der Waals surface area contributed by atoms with Crippen LogP contribution in [0, 0.1) is 17.2 Å². The summed E-state index contributed by atoms with van der Waals surface area (Å²) in [7, 11) is 0. The summed E-state index contributed by atoms with van der Waals surface area (Å²) in [5.74, 6) is -1.99. The first kappa shape index (κ1) is 26.9. The lowest BCUT2D eigenvalue weighted by molar-refractivity contribution is -0.148. The quantitative estimate of drug-likeness (QED) is 0.536. The fourth-order valence-corrected chi connectivity index (χ4v) is 4.10. The molecule has 182 valence electrons. The minimum absolute atomic E-state index is 0.0466. The van der Waals surface area contributed by atoms with E-state index in [0.29, 0.717) is 5.56 Å². The predicted molar refractivity (Wildman–Crippen MR) is 130 cm³/mol. The first-order valence-electron chi connectivity index (χ1n) is 11.0. The predicted octanol–water partition coefficient (Wildman–Crippen LogP) is 4.17. The monoisotopic (exact) mass is 485 g/mol. The van der Waals surface area contributed by atoms with E-state index in [2.05, 4.69) is 26.1 Å². The average Bonchev–Trinajstić information content (AvgIpc) is 3.10. The lowest BCUT2D eigenvalue weighted by Gasteiger charge is -2.22. The number of hydrogen-bond donors (Lipinski definition) is 2. The van der Waals surface area contributed by atoms with Crippen molar-refractivity contribution in [1.82, 2.24) is 5.32 Å². The number of ether oxygens (including phenoxy) is 2. The molecule has 0 aliphatic rings. The maximum Gasteiger partial charge on any atom is 0.348 e. The van der Waals surface area contributed by atoms with Gasteiger partial charge in [-0.25, -0.2) is 9.59 Å². The molecule has 0 spiro atoms. The molecule has 2 rings (SSSR count). The average molecular weight is 486 g/mol. The van der Waals surface area contributed by atoms with Gasteiger partial charge in [0.1, 0.15) is 28.6 Å². The van der Waals surface area contributed by atoms with Gasteiger partial charge in [0, 0.05) is 11.1 Å². The number of esters is 2. The van der Waals surface area contributed by atoms with E-state index >= 15 is 0 Å². The molecule has 1 aromatic carbocycles. The van der Waals surface area contributed by atoms with Gasteiger partial charge < -0.3 is 20.5 Å². The van der Waals surface area contributed by atoms with Gasteiger partial charge in [0.2, 0.25) is 0 Å². The van der Waals surface area contributed by atoms with Crippen LogP contribution < -0.4 is 11.1 Å². The Kier molecular flexibility index (Phi) is 8.82. The highest BCUT2D eigenvalue weighted by Crippen LogP contribution is 2.32. The first-order valence-corrected chi connectivity index (χ1v) is 11.8. The smallest absolute Gasteiger partial charge is 0.348 e. The van der Waals surface area contributed by atoms with E-state index in [-0.39, 0.29) is 45.6 Å². The van der Waals surface area contributed by atoms with Gasteiger partial charge in [-0.1, -0.05) is 46.8 Å². The van der Waals surface area contributed by atoms with Crippen LogP contribution in [0.2, 0.25) is 0 Å². The Labute approximate surface area is 204 Å². The molecule has 0 saturated carbocycles. The van der Waals surface area contributed by atoms with Crippen LogP contribution in [0.25, 0.3) is 0 Å². The van der Waals surface area contributed by atoms with Crippen molar-refractivity contribution in [3.63, 3.8) is 0 Å². The summed E-state index contributed by atoms with van der Waals surface area (Å²) in [4.78, 5) is 38.0. The van der Waals surface area contributed by atoms with Crippen molar-refractivity contribution in [2.24, 2.45) is 5.92 Å². The Morgan fingerprint density at radius 2 is 1.76 bits per heavy atom. The van der Waals surface area contributed by atoms with Gasteiger partial charge in [0.25, 0.3) is 5.91 Å². The molecule has 1 aromatic heterocycles. The molecule has 0 bridgehead atoms. The highest BCUT2D eigenvalue weighted by Gasteiger charge is 2.29. The summed E-state index contributed by atoms with van der Waals surface area (Å²) >= 11 is 0.910. The Bertz CT molecular complexity index is 1090. The second-order valence-electron chi connectivity index (χ2n) is 9.11. The third-order valence-electron chi connectivity index (χ3n) is 5.19. The van der Waals surface area contributed by atoms with Gasteiger partial charge in [0.05, 0.1) is 12.2 Å². The Balaban J connectivity index is 2.17. The highest BCUT2D eigenvalue weighted by atomic mass is 32.1. The van der Waals surface area contributed by atoms with E-state index in [0.717, 1.165) is 16.9 Å². The molecule has 2 aromatic rings. The van der Waals surface area contributed by atoms with Crippen molar-refractivity contribution >= 4 is 34.2 Å². The number of benzene rings is 1. The minimum atomic E-state index is -0.928. The molecule has 1 amide bonds. The molecule has 9 heteroatoms. The van der Waals surface area contributed by atoms with Crippen LogP contribution in [0.3, 0.4) is 0 Å². The van der Waals surface area contributed by atoms with E-state index in [9.17, 15) is 19.6 Å². The van der Waals surface area contributed by atoms with Crippen LogP contribution in [-0.4, -0.2) is 30.5 Å². The van der Waals surface area contributed by atoms with Crippen molar-refractivity contribution in [1.29, 1.82) is 5.26 Å². The molecule has 0 aliphatic heterocycles. The van der Waals surface area contributed by atoms with Crippen LogP contribution in [0.15, 0.2) is 24.3 Å². The molecule has 0 saturated heterocycles. The Morgan fingerprint density at radius 1 is 1.15 bits per heavy atom. The van der Waals surface area contributed by atoms with Gasteiger partial charge in [-0.2, -0.15) is 5.26 Å². The van der Waals surface area contributed by atoms with Gasteiger partial charge in [0.15, 0.2) is 0 Å². The topological polar surface area (TPSA) is 132 Å². The van der Waals surface area contributed by atoms with E-state index in [1.807, 2.05) is 18.2 Å². The summed E-state index contributed by atoms with van der Waals surface area (Å²) in [5, 5.41) is 12.3. The third-order valence-corrected chi connectivity index (χ3v) is 6.23. The number of hydrogen-bond acceptors (Lipinski definition) is 8. The molecular weight excluding hydrogens is 454 g/mol. The van der Waals surface area contributed by atoms with Gasteiger partial charge >= 0.3 is 11.9 Å². The second kappa shape index (κ2) is 11.2. The standard InChI is InChI=1S/C25H31N3O5S/c1-7-32-24(31)20-18(17(12-26)21(27)34-20)13-33-23(30)19(14(2)3)28-22(29)15-8-10-16(11-9-15)25(4,5)6/h8-11,14,19H,7,13,27H2,1-6H3,(H,28,29)/t19-/m0/s1. The first-order chi connectivity index (χ1) is 15.9. The normalized spacial score (nSPS) is 12.1. The Hall–Kier alpha value is -3.38. The van der Waals surface area contributed by atoms with Gasteiger partial charge in [-0.05, 0) is 36.0 Å². The Morgan fingerprint density at radius 3 is 2.26 bits per heavy atom. The molecule has 0 radical (unpaired) electrons. The number of nitrogens with one attached hydrogen (secondary N) is 1. The number of nitrogens with zero attached hydrogens (tertiary/aromatic N) is 1. The largest absolute Gasteiger partial charge is 0.462 e. The van der Waals surface area contributed by atoms with Crippen molar-refractivity contribution in [2.45, 2.75) is 59.6 Å². The number of nitrogen functional groups attached to an aromatic ring is 1. The molecule has 3 N–H and O–H groups in total. The lowest BCUT2D eigenvalue weighted by atomic mass is 9.86. The third kappa shape index (κ3) is 6.35. The van der Waals surface area contributed by atoms with Gasteiger partial charge in [-0.15, -0.1) is 11.3 Å². The van der Waals surface area contributed by atoms with Crippen molar-refractivity contribution in [3.05, 3.63) is 51.4 Å². The van der Waals surface area contributed by atoms with Crippen LogP contribution in [-0.2, 0) is 26.3 Å². The molecule has 0 aliphatic carbocycles. The minimum Gasteiger partial charge on any atom is -0.462 e. The number of carbonyl (C=O) groups is 3. The molecule has 1 heterocycles. The summed E-state index contributed by atoms with van der Waals surface area (Å²) in [5.41, 5.74) is 7.60. The number of anilines is 1. The summed E-state index contributed by atoms with van der Waals surface area (Å²) in [6, 6.07) is 8.23. The van der Waals surface area contributed by atoms with Crippen LogP contribution in [0.4, 0.5) is 5.00 Å². The van der Waals surface area contributed by atoms with Crippen LogP contribution >= 0.6 is 11.3 Å². The van der Waals surface area contributed by atoms with Crippen molar-refractivity contribution < 1.29 is 23.9 Å². The van der Waals surface area contributed by atoms with Gasteiger partial charge in [-0.3, -0.25) is 4.79 Å². The zero-order valence-electron chi connectivity index (χ0n) is 20.4. The number of rotatable bonds is 8. The second-order valence-corrected chi connectivity index (χ2v) is 10.2. The van der Waals surface area contributed by atoms with Crippen molar-refractivity contribution in [3.8, 4) is 6.07 Å². The fourth-order valence-electron chi connectivity index (χ4n) is 3.18. The number of nitriles is 1. The maximum atomic E-state index is 12.9. The molecule has 1 atom stereocenters. The fraction of sp³-hybridized carbons (Fsp3) is 0.440. The van der Waals surface area contributed by atoms with E-state index in [4.69, 9.17) is 15.2 Å². The van der Waals surface area contributed by atoms with Crippen LogP contribution in [0.1, 0.15) is 78.3 Å². The van der Waals surface area contributed by atoms with E-state index < -0.39 is 23.9 Å². The number of nitrogens with two attached hydrogens (primary N) is 1. The molecule has 0 unspecified atom stereocenters. The summed E-state index contributed by atoms with van der Waals surface area (Å²) in [6.45, 7) is 11.3. The number of amides is 1. The lowest BCUT2D eigenvalue weighted by Crippen LogP contribution is -2.45. The molecule has 8 nitrogen and oxygen atoms in total. The highest BCUT2D eigenvalue weighted by molar-refractivity contribution is 7.18. The SMILES string of the molecule is CCOC(=O)c1sc(N)c(C#N)c1COC(=O)[C@@H](NC(=O)c1ccc(C(C)(C)C)cc1)C(C)C. The van der Waals surface area contributed by atoms with Crippen molar-refractivity contribution in [2.75, 3.05) is 12.3 Å². The molecule has 0 fully saturated rings. The van der Waals surface area contributed by atoms with E-state index in [1.165, 1.54) is 0 Å². The zero-order chi connectivity index (χ0) is 25.6. The summed E-state index contributed by atoms with van der Waals surface area (Å²) < 4.78 is 10.4. The zero-order valence-corrected chi connectivity index (χ0v) is 21.2. The summed E-state index contributed by atoms with van der Waals surface area (Å²) in [6.07, 6.45) is 0. The molecule has 34 heavy (non-hydrogen) atoms. The number of carbonyl (C=O) groups excluding carboxylic acids is 3.